The highest BCUT2D eigenvalue weighted by Gasteiger charge is 2.31. The van der Waals surface area contributed by atoms with Crippen molar-refractivity contribution in [3.05, 3.63) is 35.6 Å². The van der Waals surface area contributed by atoms with E-state index in [9.17, 15) is 9.18 Å². The molecule has 21 heavy (non-hydrogen) atoms. The van der Waals surface area contributed by atoms with Crippen LogP contribution < -0.4 is 5.32 Å². The van der Waals surface area contributed by atoms with Crippen molar-refractivity contribution >= 4 is 18.3 Å². The molecule has 118 valence electrons. The summed E-state index contributed by atoms with van der Waals surface area (Å²) >= 11 is 0. The molecule has 0 aromatic heterocycles. The highest BCUT2D eigenvalue weighted by atomic mass is 35.5. The lowest BCUT2D eigenvalue weighted by molar-refractivity contribution is -0.135. The molecule has 0 aliphatic carbocycles. The van der Waals surface area contributed by atoms with Crippen LogP contribution >= 0.6 is 12.4 Å². The van der Waals surface area contributed by atoms with Gasteiger partial charge >= 0.3 is 0 Å². The van der Waals surface area contributed by atoms with Gasteiger partial charge in [-0.1, -0.05) is 19.1 Å². The fraction of sp³-hybridized carbons (Fsp3) is 0.562. The third-order valence-corrected chi connectivity index (χ3v) is 3.95. The number of hydrogen-bond donors (Lipinski definition) is 1. The Balaban J connectivity index is 0.00000220. The van der Waals surface area contributed by atoms with E-state index < -0.39 is 0 Å². The third-order valence-electron chi connectivity index (χ3n) is 3.95. The highest BCUT2D eigenvalue weighted by molar-refractivity contribution is 5.85. The van der Waals surface area contributed by atoms with Gasteiger partial charge in [-0.3, -0.25) is 4.79 Å². The Morgan fingerprint density at radius 3 is 2.95 bits per heavy atom. The number of rotatable bonds is 5. The van der Waals surface area contributed by atoms with Crippen molar-refractivity contribution in [1.82, 2.24) is 10.2 Å². The Kier molecular flexibility index (Phi) is 7.12. The molecule has 2 unspecified atom stereocenters. The zero-order valence-electron chi connectivity index (χ0n) is 12.6. The van der Waals surface area contributed by atoms with Crippen molar-refractivity contribution in [3.8, 4) is 0 Å². The van der Waals surface area contributed by atoms with Gasteiger partial charge < -0.3 is 10.2 Å². The van der Waals surface area contributed by atoms with Crippen LogP contribution in [0.15, 0.2) is 24.3 Å². The van der Waals surface area contributed by atoms with Crippen LogP contribution in [0.2, 0.25) is 0 Å². The minimum atomic E-state index is -0.207. The second-order valence-corrected chi connectivity index (χ2v) is 5.62. The number of benzene rings is 1. The fourth-order valence-electron chi connectivity index (χ4n) is 2.95. The first kappa shape index (κ1) is 17.9. The van der Waals surface area contributed by atoms with Crippen LogP contribution in [-0.4, -0.2) is 37.0 Å². The molecular formula is C16H24ClFN2O. The summed E-state index contributed by atoms with van der Waals surface area (Å²) < 4.78 is 13.2. The van der Waals surface area contributed by atoms with E-state index >= 15 is 0 Å². The third kappa shape index (κ3) is 4.68. The zero-order chi connectivity index (χ0) is 14.5. The smallest absolute Gasteiger partial charge is 0.226 e. The number of nitrogens with one attached hydrogen (secondary N) is 1. The maximum Gasteiger partial charge on any atom is 0.226 e. The van der Waals surface area contributed by atoms with Gasteiger partial charge in [0.15, 0.2) is 0 Å². The molecule has 1 aromatic carbocycles. The second-order valence-electron chi connectivity index (χ2n) is 5.62. The van der Waals surface area contributed by atoms with E-state index in [1.54, 1.807) is 12.1 Å². The number of carbonyl (C=O) groups is 1. The molecule has 1 aromatic rings. The molecule has 0 saturated carbocycles. The van der Waals surface area contributed by atoms with E-state index in [0.717, 1.165) is 31.4 Å². The van der Waals surface area contributed by atoms with Gasteiger partial charge in [0.05, 0.1) is 0 Å². The molecule has 0 radical (unpaired) electrons. The second kappa shape index (κ2) is 8.35. The molecule has 1 saturated heterocycles. The quantitative estimate of drug-likeness (QED) is 0.906. The van der Waals surface area contributed by atoms with Gasteiger partial charge in [0.25, 0.3) is 0 Å². The average molecular weight is 315 g/mol. The van der Waals surface area contributed by atoms with Crippen LogP contribution in [0, 0.1) is 11.7 Å². The van der Waals surface area contributed by atoms with E-state index in [1.165, 1.54) is 6.07 Å². The molecule has 1 aliphatic heterocycles. The van der Waals surface area contributed by atoms with Gasteiger partial charge in [-0.15, -0.1) is 12.4 Å². The highest BCUT2D eigenvalue weighted by Crippen LogP contribution is 2.23. The molecule has 1 N–H and O–H groups in total. The lowest BCUT2D eigenvalue weighted by Crippen LogP contribution is -2.42. The van der Waals surface area contributed by atoms with Gasteiger partial charge in [0.2, 0.25) is 5.91 Å². The SMILES string of the molecule is CNCC(C)C(=O)N1CCCC1Cc1cccc(F)c1.Cl. The van der Waals surface area contributed by atoms with Crippen LogP contribution in [-0.2, 0) is 11.2 Å². The lowest BCUT2D eigenvalue weighted by Gasteiger charge is -2.27. The molecule has 1 fully saturated rings. The number of amides is 1. The first-order chi connectivity index (χ1) is 9.61. The minimum absolute atomic E-state index is 0. The van der Waals surface area contributed by atoms with Crippen molar-refractivity contribution in [2.45, 2.75) is 32.2 Å². The summed E-state index contributed by atoms with van der Waals surface area (Å²) in [6, 6.07) is 6.90. The first-order valence-corrected chi connectivity index (χ1v) is 7.31. The summed E-state index contributed by atoms with van der Waals surface area (Å²) in [5, 5.41) is 3.05. The van der Waals surface area contributed by atoms with Gasteiger partial charge in [0, 0.05) is 25.0 Å². The monoisotopic (exact) mass is 314 g/mol. The van der Waals surface area contributed by atoms with Gasteiger partial charge in [-0.2, -0.15) is 0 Å². The molecule has 2 rings (SSSR count). The molecule has 2 atom stereocenters. The van der Waals surface area contributed by atoms with E-state index in [0.29, 0.717) is 6.54 Å². The van der Waals surface area contributed by atoms with E-state index in [2.05, 4.69) is 5.32 Å². The van der Waals surface area contributed by atoms with E-state index in [1.807, 2.05) is 24.9 Å². The summed E-state index contributed by atoms with van der Waals surface area (Å²) in [7, 11) is 1.86. The Morgan fingerprint density at radius 2 is 2.29 bits per heavy atom. The Bertz CT molecular complexity index is 469. The largest absolute Gasteiger partial charge is 0.339 e. The molecule has 5 heteroatoms. The van der Waals surface area contributed by atoms with E-state index in [-0.39, 0.29) is 36.1 Å². The molecular weight excluding hydrogens is 291 g/mol. The predicted molar refractivity (Wildman–Crippen MR) is 85.2 cm³/mol. The first-order valence-electron chi connectivity index (χ1n) is 7.31. The van der Waals surface area contributed by atoms with E-state index in [4.69, 9.17) is 0 Å². The summed E-state index contributed by atoms with van der Waals surface area (Å²) in [4.78, 5) is 14.4. The Hall–Kier alpha value is -1.13. The molecule has 0 spiro atoms. The van der Waals surface area contributed by atoms with Crippen molar-refractivity contribution in [2.75, 3.05) is 20.1 Å². The standard InChI is InChI=1S/C16H23FN2O.ClH/c1-12(11-18-2)16(20)19-8-4-7-15(19)10-13-5-3-6-14(17)9-13;/h3,5-6,9,12,15,18H,4,7-8,10-11H2,1-2H3;1H. The normalized spacial score (nSPS) is 19.2. The molecule has 1 heterocycles. The minimum Gasteiger partial charge on any atom is -0.339 e. The Morgan fingerprint density at radius 1 is 1.52 bits per heavy atom. The fourth-order valence-corrected chi connectivity index (χ4v) is 2.95. The molecule has 3 nitrogen and oxygen atoms in total. The molecule has 1 aliphatic rings. The topological polar surface area (TPSA) is 32.3 Å². The maximum absolute atomic E-state index is 13.2. The number of hydrogen-bond acceptors (Lipinski definition) is 2. The van der Waals surface area contributed by atoms with Crippen LogP contribution in [0.3, 0.4) is 0 Å². The summed E-state index contributed by atoms with van der Waals surface area (Å²) in [6.45, 7) is 3.48. The van der Waals surface area contributed by atoms with Gasteiger partial charge in [-0.05, 0) is 44.0 Å². The number of halogens is 2. The zero-order valence-corrected chi connectivity index (χ0v) is 13.5. The van der Waals surface area contributed by atoms with Crippen LogP contribution in [0.25, 0.3) is 0 Å². The van der Waals surface area contributed by atoms with Crippen molar-refractivity contribution in [3.63, 3.8) is 0 Å². The van der Waals surface area contributed by atoms with Crippen LogP contribution in [0.5, 0.6) is 0 Å². The van der Waals surface area contributed by atoms with Crippen molar-refractivity contribution in [1.29, 1.82) is 0 Å². The summed E-state index contributed by atoms with van der Waals surface area (Å²) in [5.41, 5.74) is 0.968. The number of likely N-dealkylation sites (tertiary alicyclic amines) is 1. The lowest BCUT2D eigenvalue weighted by atomic mass is 10.0. The van der Waals surface area contributed by atoms with Gasteiger partial charge in [0.1, 0.15) is 5.82 Å². The molecule has 1 amide bonds. The summed E-state index contributed by atoms with van der Waals surface area (Å²) in [6.07, 6.45) is 2.79. The average Bonchev–Trinajstić information content (AvgIpc) is 2.86. The Labute approximate surface area is 132 Å². The van der Waals surface area contributed by atoms with Crippen LogP contribution in [0.4, 0.5) is 4.39 Å². The number of nitrogens with zero attached hydrogens (tertiary/aromatic N) is 1. The van der Waals surface area contributed by atoms with Crippen LogP contribution in [0.1, 0.15) is 25.3 Å². The van der Waals surface area contributed by atoms with Crippen molar-refractivity contribution in [2.24, 2.45) is 5.92 Å². The predicted octanol–water partition coefficient (Wildman–Crippen LogP) is 2.64. The molecule has 0 bridgehead atoms. The number of carbonyl (C=O) groups excluding carboxylic acids is 1. The van der Waals surface area contributed by atoms with Gasteiger partial charge in [-0.25, -0.2) is 4.39 Å². The maximum atomic E-state index is 13.2. The summed E-state index contributed by atoms with van der Waals surface area (Å²) in [5.74, 6) is -0.00622. The van der Waals surface area contributed by atoms with Crippen molar-refractivity contribution < 1.29 is 9.18 Å².